The van der Waals surface area contributed by atoms with Crippen LogP contribution in [0.1, 0.15) is 31.9 Å². The molecule has 0 aromatic heterocycles. The third kappa shape index (κ3) is 7.71. The van der Waals surface area contributed by atoms with Crippen molar-refractivity contribution in [1.29, 1.82) is 0 Å². The zero-order chi connectivity index (χ0) is 20.0. The molecule has 2 aromatic rings. The Morgan fingerprint density at radius 2 is 1.59 bits per heavy atom. The van der Waals surface area contributed by atoms with Crippen LogP contribution < -0.4 is 0 Å². The van der Waals surface area contributed by atoms with Gasteiger partial charge in [0.15, 0.2) is 0 Å². The summed E-state index contributed by atoms with van der Waals surface area (Å²) in [6.07, 6.45) is -0.784. The lowest BCUT2D eigenvalue weighted by Crippen LogP contribution is -2.36. The first-order valence-corrected chi connectivity index (χ1v) is 8.85. The van der Waals surface area contributed by atoms with E-state index < -0.39 is 17.7 Å². The largest absolute Gasteiger partial charge is 0.389 e. The van der Waals surface area contributed by atoms with Gasteiger partial charge in [-0.1, -0.05) is 18.2 Å². The second-order valence-corrected chi connectivity index (χ2v) is 7.61. The van der Waals surface area contributed by atoms with E-state index in [0.717, 1.165) is 11.6 Å². The SMILES string of the molecule is CC(C)(C)OCC(O)CN(Cc1ccc(F)cc1)Cc1ccc(F)cc1F. The molecule has 1 N–H and O–H groups in total. The molecular formula is C21H26F3NO2. The summed E-state index contributed by atoms with van der Waals surface area (Å²) in [5.41, 5.74) is 0.761. The number of hydrogen-bond donors (Lipinski definition) is 1. The summed E-state index contributed by atoms with van der Waals surface area (Å²) in [6, 6.07) is 9.41. The predicted molar refractivity (Wildman–Crippen MR) is 98.6 cm³/mol. The normalized spacial score (nSPS) is 13.2. The van der Waals surface area contributed by atoms with E-state index in [1.807, 2.05) is 25.7 Å². The molecular weight excluding hydrogens is 355 g/mol. The molecule has 0 heterocycles. The van der Waals surface area contributed by atoms with E-state index in [4.69, 9.17) is 4.74 Å². The van der Waals surface area contributed by atoms with Gasteiger partial charge in [-0.2, -0.15) is 0 Å². The van der Waals surface area contributed by atoms with Gasteiger partial charge >= 0.3 is 0 Å². The van der Waals surface area contributed by atoms with E-state index in [2.05, 4.69) is 0 Å². The molecule has 0 fully saturated rings. The zero-order valence-electron chi connectivity index (χ0n) is 15.9. The number of ether oxygens (including phenoxy) is 1. The highest BCUT2D eigenvalue weighted by molar-refractivity contribution is 5.20. The van der Waals surface area contributed by atoms with Gasteiger partial charge in [-0.25, -0.2) is 13.2 Å². The van der Waals surface area contributed by atoms with E-state index >= 15 is 0 Å². The molecule has 2 aromatic carbocycles. The van der Waals surface area contributed by atoms with Gasteiger partial charge in [0.2, 0.25) is 0 Å². The van der Waals surface area contributed by atoms with Gasteiger partial charge in [-0.05, 0) is 44.5 Å². The van der Waals surface area contributed by atoms with Crippen molar-refractivity contribution in [3.8, 4) is 0 Å². The van der Waals surface area contributed by atoms with Crippen LogP contribution in [0.3, 0.4) is 0 Å². The lowest BCUT2D eigenvalue weighted by atomic mass is 10.1. The second-order valence-electron chi connectivity index (χ2n) is 7.61. The summed E-state index contributed by atoms with van der Waals surface area (Å²) in [5, 5.41) is 10.3. The number of rotatable bonds is 8. The molecule has 0 bridgehead atoms. The van der Waals surface area contributed by atoms with E-state index in [1.54, 1.807) is 12.1 Å². The fraction of sp³-hybridized carbons (Fsp3) is 0.429. The number of benzene rings is 2. The molecule has 0 saturated heterocycles. The Labute approximate surface area is 158 Å². The zero-order valence-corrected chi connectivity index (χ0v) is 15.9. The van der Waals surface area contributed by atoms with Crippen LogP contribution in [-0.4, -0.2) is 34.9 Å². The van der Waals surface area contributed by atoms with Gasteiger partial charge in [0, 0.05) is 31.3 Å². The minimum Gasteiger partial charge on any atom is -0.389 e. The van der Waals surface area contributed by atoms with Gasteiger partial charge in [0.25, 0.3) is 0 Å². The summed E-state index contributed by atoms with van der Waals surface area (Å²) in [6.45, 7) is 6.59. The summed E-state index contributed by atoms with van der Waals surface area (Å²) in [5.74, 6) is -1.62. The van der Waals surface area contributed by atoms with E-state index in [-0.39, 0.29) is 31.1 Å². The first kappa shape index (κ1) is 21.4. The Kier molecular flexibility index (Phi) is 7.41. The molecule has 0 aliphatic heterocycles. The van der Waals surface area contributed by atoms with E-state index in [0.29, 0.717) is 12.1 Å². The summed E-state index contributed by atoms with van der Waals surface area (Å²) >= 11 is 0. The van der Waals surface area contributed by atoms with E-state index in [1.165, 1.54) is 24.3 Å². The Morgan fingerprint density at radius 1 is 0.963 bits per heavy atom. The Bertz CT molecular complexity index is 729. The standard InChI is InChI=1S/C21H26F3NO2/c1-21(2,3)27-14-19(26)13-25(11-15-4-7-17(22)8-5-15)12-16-6-9-18(23)10-20(16)24/h4-10,19,26H,11-14H2,1-3H3. The topological polar surface area (TPSA) is 32.7 Å². The van der Waals surface area contributed by atoms with Gasteiger partial charge in [-0.15, -0.1) is 0 Å². The molecule has 27 heavy (non-hydrogen) atoms. The first-order chi connectivity index (χ1) is 12.6. The molecule has 3 nitrogen and oxygen atoms in total. The van der Waals surface area contributed by atoms with Crippen molar-refractivity contribution in [2.45, 2.75) is 45.6 Å². The van der Waals surface area contributed by atoms with Gasteiger partial charge in [-0.3, -0.25) is 4.90 Å². The van der Waals surface area contributed by atoms with Crippen LogP contribution >= 0.6 is 0 Å². The van der Waals surface area contributed by atoms with Crippen molar-refractivity contribution in [3.05, 3.63) is 71.0 Å². The minimum atomic E-state index is -0.784. The molecule has 0 aliphatic rings. The maximum atomic E-state index is 14.0. The van der Waals surface area contributed by atoms with Crippen molar-refractivity contribution in [3.63, 3.8) is 0 Å². The summed E-state index contributed by atoms with van der Waals surface area (Å²) < 4.78 is 45.9. The Balaban J connectivity index is 2.10. The highest BCUT2D eigenvalue weighted by atomic mass is 19.1. The average Bonchev–Trinajstić information content (AvgIpc) is 2.57. The summed E-state index contributed by atoms with van der Waals surface area (Å²) in [4.78, 5) is 1.82. The van der Waals surface area contributed by atoms with Crippen LogP contribution in [0.4, 0.5) is 13.2 Å². The molecule has 6 heteroatoms. The fourth-order valence-corrected chi connectivity index (χ4v) is 2.62. The highest BCUT2D eigenvalue weighted by Crippen LogP contribution is 2.16. The molecule has 1 unspecified atom stereocenters. The average molecular weight is 381 g/mol. The van der Waals surface area contributed by atoms with Crippen molar-refractivity contribution in [1.82, 2.24) is 4.90 Å². The molecule has 1 atom stereocenters. The second kappa shape index (κ2) is 9.35. The maximum Gasteiger partial charge on any atom is 0.130 e. The predicted octanol–water partition coefficient (Wildman–Crippen LogP) is 4.28. The maximum absolute atomic E-state index is 14.0. The third-order valence-electron chi connectivity index (χ3n) is 3.91. The molecule has 2 rings (SSSR count). The number of aliphatic hydroxyl groups is 1. The Hall–Kier alpha value is -1.89. The quantitative estimate of drug-likeness (QED) is 0.741. The van der Waals surface area contributed by atoms with Crippen molar-refractivity contribution < 1.29 is 23.0 Å². The monoisotopic (exact) mass is 381 g/mol. The van der Waals surface area contributed by atoms with Gasteiger partial charge in [0.05, 0.1) is 18.3 Å². The van der Waals surface area contributed by atoms with Gasteiger partial charge in [0.1, 0.15) is 17.5 Å². The number of halogens is 3. The van der Waals surface area contributed by atoms with Crippen molar-refractivity contribution >= 4 is 0 Å². The van der Waals surface area contributed by atoms with E-state index in [9.17, 15) is 18.3 Å². The van der Waals surface area contributed by atoms with Crippen molar-refractivity contribution in [2.24, 2.45) is 0 Å². The van der Waals surface area contributed by atoms with Crippen LogP contribution in [0.25, 0.3) is 0 Å². The number of aliphatic hydroxyl groups excluding tert-OH is 1. The molecule has 0 aliphatic carbocycles. The van der Waals surface area contributed by atoms with Crippen LogP contribution in [0.2, 0.25) is 0 Å². The first-order valence-electron chi connectivity index (χ1n) is 8.85. The number of nitrogens with zero attached hydrogens (tertiary/aromatic N) is 1. The lowest BCUT2D eigenvalue weighted by Gasteiger charge is -2.27. The molecule has 0 saturated carbocycles. The smallest absolute Gasteiger partial charge is 0.130 e. The van der Waals surface area contributed by atoms with Gasteiger partial charge < -0.3 is 9.84 Å². The van der Waals surface area contributed by atoms with Crippen LogP contribution in [0, 0.1) is 17.5 Å². The van der Waals surface area contributed by atoms with Crippen LogP contribution in [0.5, 0.6) is 0 Å². The molecule has 148 valence electrons. The Morgan fingerprint density at radius 3 is 2.19 bits per heavy atom. The van der Waals surface area contributed by atoms with Crippen LogP contribution in [0.15, 0.2) is 42.5 Å². The number of hydrogen-bond acceptors (Lipinski definition) is 3. The lowest BCUT2D eigenvalue weighted by molar-refractivity contribution is -0.0573. The highest BCUT2D eigenvalue weighted by Gasteiger charge is 2.18. The van der Waals surface area contributed by atoms with Crippen molar-refractivity contribution in [2.75, 3.05) is 13.2 Å². The fourth-order valence-electron chi connectivity index (χ4n) is 2.62. The van der Waals surface area contributed by atoms with Crippen LogP contribution in [-0.2, 0) is 17.8 Å². The molecule has 0 amide bonds. The summed E-state index contributed by atoms with van der Waals surface area (Å²) in [7, 11) is 0. The minimum absolute atomic E-state index is 0.134. The third-order valence-corrected chi connectivity index (χ3v) is 3.91. The molecule has 0 spiro atoms. The molecule has 0 radical (unpaired) electrons.